The summed E-state index contributed by atoms with van der Waals surface area (Å²) in [7, 11) is 0. The zero-order chi connectivity index (χ0) is 17.5. The Morgan fingerprint density at radius 2 is 1.92 bits per heavy atom. The predicted molar refractivity (Wildman–Crippen MR) is 119 cm³/mol. The smallest absolute Gasteiger partial charge is 0.191 e. The van der Waals surface area contributed by atoms with E-state index in [0.29, 0.717) is 12.1 Å². The molecule has 0 atom stereocenters. The van der Waals surface area contributed by atoms with E-state index in [4.69, 9.17) is 4.99 Å². The Kier molecular flexibility index (Phi) is 9.79. The molecule has 1 aromatic rings. The minimum absolute atomic E-state index is 0. The average molecular weight is 458 g/mol. The highest BCUT2D eigenvalue weighted by Crippen LogP contribution is 2.14. The summed E-state index contributed by atoms with van der Waals surface area (Å²) in [5.41, 5.74) is 3.93. The Morgan fingerprint density at radius 3 is 2.48 bits per heavy atom. The summed E-state index contributed by atoms with van der Waals surface area (Å²) < 4.78 is 0. The number of aliphatic imine (C=N–C) groups is 1. The summed E-state index contributed by atoms with van der Waals surface area (Å²) in [6, 6.07) is 7.76. The van der Waals surface area contributed by atoms with E-state index in [1.807, 2.05) is 0 Å². The van der Waals surface area contributed by atoms with Crippen LogP contribution in [0.4, 0.5) is 0 Å². The molecule has 1 aromatic carbocycles. The van der Waals surface area contributed by atoms with Crippen LogP contribution in [0, 0.1) is 13.8 Å². The average Bonchev–Trinajstić information content (AvgIpc) is 2.54. The summed E-state index contributed by atoms with van der Waals surface area (Å²) >= 11 is 0. The van der Waals surface area contributed by atoms with Crippen molar-refractivity contribution in [2.45, 2.75) is 66.1 Å². The molecule has 1 aliphatic heterocycles. The molecular formula is C20H35IN4. The van der Waals surface area contributed by atoms with Crippen LogP contribution >= 0.6 is 24.0 Å². The van der Waals surface area contributed by atoms with Crippen LogP contribution in [0.1, 0.15) is 50.3 Å². The number of likely N-dealkylation sites (tertiary alicyclic amines) is 1. The number of nitrogens with zero attached hydrogens (tertiary/aromatic N) is 2. The van der Waals surface area contributed by atoms with Crippen molar-refractivity contribution >= 4 is 29.9 Å². The van der Waals surface area contributed by atoms with Gasteiger partial charge in [0.25, 0.3) is 0 Å². The number of guanidine groups is 1. The van der Waals surface area contributed by atoms with Crippen molar-refractivity contribution in [3.63, 3.8) is 0 Å². The van der Waals surface area contributed by atoms with E-state index in [2.05, 4.69) is 68.4 Å². The molecule has 2 N–H and O–H groups in total. The molecule has 0 aliphatic carbocycles. The molecule has 0 aromatic heterocycles. The zero-order valence-electron chi connectivity index (χ0n) is 16.4. The molecule has 0 unspecified atom stereocenters. The van der Waals surface area contributed by atoms with Crippen molar-refractivity contribution in [2.75, 3.05) is 19.6 Å². The number of piperidine rings is 1. The van der Waals surface area contributed by atoms with E-state index < -0.39 is 0 Å². The molecule has 0 radical (unpaired) electrons. The molecular weight excluding hydrogens is 423 g/mol. The summed E-state index contributed by atoms with van der Waals surface area (Å²) in [5, 5.41) is 7.02. The minimum Gasteiger partial charge on any atom is -0.357 e. The number of hydrogen-bond acceptors (Lipinski definition) is 2. The maximum Gasteiger partial charge on any atom is 0.191 e. The van der Waals surface area contributed by atoms with Crippen molar-refractivity contribution in [2.24, 2.45) is 4.99 Å². The summed E-state index contributed by atoms with van der Waals surface area (Å²) in [5.74, 6) is 0.945. The van der Waals surface area contributed by atoms with Gasteiger partial charge in [0.15, 0.2) is 5.96 Å². The molecule has 4 nitrogen and oxygen atoms in total. The molecule has 25 heavy (non-hydrogen) atoms. The molecule has 0 saturated carbocycles. The molecule has 0 amide bonds. The second kappa shape index (κ2) is 11.0. The normalized spacial score (nSPS) is 16.6. The van der Waals surface area contributed by atoms with Gasteiger partial charge in [0.2, 0.25) is 0 Å². The van der Waals surface area contributed by atoms with Gasteiger partial charge in [-0.3, -0.25) is 0 Å². The summed E-state index contributed by atoms with van der Waals surface area (Å²) in [6.07, 6.45) is 2.37. The second-order valence-electron chi connectivity index (χ2n) is 7.17. The van der Waals surface area contributed by atoms with Crippen LogP contribution in [0.5, 0.6) is 0 Å². The highest BCUT2D eigenvalue weighted by atomic mass is 127. The Bertz CT molecular complexity index is 549. The molecule has 1 saturated heterocycles. The van der Waals surface area contributed by atoms with Gasteiger partial charge < -0.3 is 15.5 Å². The molecule has 0 bridgehead atoms. The fourth-order valence-electron chi connectivity index (χ4n) is 3.26. The molecule has 0 spiro atoms. The number of benzene rings is 1. The topological polar surface area (TPSA) is 39.7 Å². The van der Waals surface area contributed by atoms with Crippen LogP contribution in [-0.4, -0.2) is 42.6 Å². The molecule has 1 heterocycles. The number of rotatable bonds is 5. The van der Waals surface area contributed by atoms with E-state index in [-0.39, 0.29) is 24.0 Å². The summed E-state index contributed by atoms with van der Waals surface area (Å²) in [4.78, 5) is 7.36. The van der Waals surface area contributed by atoms with Gasteiger partial charge in [0.05, 0.1) is 6.54 Å². The third kappa shape index (κ3) is 7.13. The number of nitrogens with one attached hydrogen (secondary N) is 2. The molecule has 1 fully saturated rings. The molecule has 1 aliphatic rings. The lowest BCUT2D eigenvalue weighted by Crippen LogP contribution is -2.49. The number of halogens is 1. The third-order valence-electron chi connectivity index (χ3n) is 4.85. The van der Waals surface area contributed by atoms with Crippen molar-refractivity contribution in [1.82, 2.24) is 15.5 Å². The van der Waals surface area contributed by atoms with E-state index >= 15 is 0 Å². The summed E-state index contributed by atoms with van der Waals surface area (Å²) in [6.45, 7) is 14.9. The van der Waals surface area contributed by atoms with Crippen molar-refractivity contribution in [3.05, 3.63) is 34.9 Å². The lowest BCUT2D eigenvalue weighted by atomic mass is 10.0. The standard InChI is InChI=1S/C20H34N4.HI/c1-6-21-20(22-14-18-8-7-16(4)13-17(18)5)23-19-9-11-24(12-10-19)15(2)3;/h7-8,13,15,19H,6,9-12,14H2,1-5H3,(H2,21,22,23);1H. The van der Waals surface area contributed by atoms with Crippen molar-refractivity contribution < 1.29 is 0 Å². The first-order valence-corrected chi connectivity index (χ1v) is 9.34. The van der Waals surface area contributed by atoms with Gasteiger partial charge in [-0.05, 0) is 58.6 Å². The van der Waals surface area contributed by atoms with Gasteiger partial charge in [0.1, 0.15) is 0 Å². The Balaban J connectivity index is 0.00000312. The van der Waals surface area contributed by atoms with E-state index in [1.165, 1.54) is 42.6 Å². The van der Waals surface area contributed by atoms with Crippen LogP contribution in [0.25, 0.3) is 0 Å². The first-order valence-electron chi connectivity index (χ1n) is 9.34. The van der Waals surface area contributed by atoms with Gasteiger partial charge in [-0.15, -0.1) is 24.0 Å². The van der Waals surface area contributed by atoms with Gasteiger partial charge in [0, 0.05) is 31.7 Å². The van der Waals surface area contributed by atoms with Crippen LogP contribution in [0.15, 0.2) is 23.2 Å². The highest BCUT2D eigenvalue weighted by Gasteiger charge is 2.21. The Hall–Kier alpha value is -0.820. The highest BCUT2D eigenvalue weighted by molar-refractivity contribution is 14.0. The van der Waals surface area contributed by atoms with Gasteiger partial charge in [-0.1, -0.05) is 23.8 Å². The Morgan fingerprint density at radius 1 is 1.24 bits per heavy atom. The van der Waals surface area contributed by atoms with E-state index in [1.54, 1.807) is 0 Å². The fourth-order valence-corrected chi connectivity index (χ4v) is 3.26. The largest absolute Gasteiger partial charge is 0.357 e. The second-order valence-corrected chi connectivity index (χ2v) is 7.17. The maximum absolute atomic E-state index is 4.80. The molecule has 5 heteroatoms. The van der Waals surface area contributed by atoms with Gasteiger partial charge in [-0.2, -0.15) is 0 Å². The minimum atomic E-state index is 0. The lowest BCUT2D eigenvalue weighted by molar-refractivity contribution is 0.167. The molecule has 2 rings (SSSR count). The Labute approximate surface area is 170 Å². The first kappa shape index (κ1) is 22.2. The first-order chi connectivity index (χ1) is 11.5. The number of hydrogen-bond donors (Lipinski definition) is 2. The quantitative estimate of drug-likeness (QED) is 0.400. The van der Waals surface area contributed by atoms with Crippen molar-refractivity contribution in [3.8, 4) is 0 Å². The fraction of sp³-hybridized carbons (Fsp3) is 0.650. The monoisotopic (exact) mass is 458 g/mol. The lowest BCUT2D eigenvalue weighted by Gasteiger charge is -2.35. The van der Waals surface area contributed by atoms with Crippen LogP contribution in [-0.2, 0) is 6.54 Å². The van der Waals surface area contributed by atoms with Gasteiger partial charge >= 0.3 is 0 Å². The third-order valence-corrected chi connectivity index (χ3v) is 4.85. The van der Waals surface area contributed by atoms with Crippen LogP contribution in [0.3, 0.4) is 0 Å². The SMILES string of the molecule is CCNC(=NCc1ccc(C)cc1C)NC1CCN(C(C)C)CC1.I. The van der Waals surface area contributed by atoms with Gasteiger partial charge in [-0.25, -0.2) is 4.99 Å². The van der Waals surface area contributed by atoms with Crippen LogP contribution < -0.4 is 10.6 Å². The molecule has 142 valence electrons. The zero-order valence-corrected chi connectivity index (χ0v) is 18.8. The maximum atomic E-state index is 4.80. The van der Waals surface area contributed by atoms with Crippen molar-refractivity contribution in [1.29, 1.82) is 0 Å². The van der Waals surface area contributed by atoms with E-state index in [0.717, 1.165) is 19.0 Å². The predicted octanol–water partition coefficient (Wildman–Crippen LogP) is 3.85. The number of aryl methyl sites for hydroxylation is 2. The van der Waals surface area contributed by atoms with E-state index in [9.17, 15) is 0 Å². The van der Waals surface area contributed by atoms with Crippen LogP contribution in [0.2, 0.25) is 0 Å².